The minimum Gasteiger partial charge on any atom is -0.479 e. The fourth-order valence-electron chi connectivity index (χ4n) is 3.10. The number of aromatic nitrogens is 2. The van der Waals surface area contributed by atoms with Crippen molar-refractivity contribution in [3.63, 3.8) is 0 Å². The maximum Gasteiger partial charge on any atom is 0.322 e. The summed E-state index contributed by atoms with van der Waals surface area (Å²) < 4.78 is 7.57. The summed E-state index contributed by atoms with van der Waals surface area (Å²) in [6.07, 6.45) is 11.7. The molecule has 2 heterocycles. The number of terminal acetylenes is 1. The van der Waals surface area contributed by atoms with E-state index in [0.717, 1.165) is 13.0 Å². The number of piperidine rings is 1. The van der Waals surface area contributed by atoms with Gasteiger partial charge in [-0.05, 0) is 24.5 Å². The molecule has 25 heavy (non-hydrogen) atoms. The molecule has 2 atom stereocenters. The van der Waals surface area contributed by atoms with E-state index < -0.39 is 0 Å². The van der Waals surface area contributed by atoms with Crippen LogP contribution in [0.2, 0.25) is 0 Å². The van der Waals surface area contributed by atoms with Gasteiger partial charge in [0.05, 0.1) is 18.1 Å². The van der Waals surface area contributed by atoms with E-state index >= 15 is 0 Å². The van der Waals surface area contributed by atoms with Gasteiger partial charge in [0.25, 0.3) is 0 Å². The summed E-state index contributed by atoms with van der Waals surface area (Å²) in [7, 11) is 0. The first-order chi connectivity index (χ1) is 12.2. The van der Waals surface area contributed by atoms with Gasteiger partial charge >= 0.3 is 6.03 Å². The van der Waals surface area contributed by atoms with Crippen molar-refractivity contribution in [1.29, 1.82) is 0 Å². The predicted octanol–water partition coefficient (Wildman–Crippen LogP) is 3.01. The highest BCUT2D eigenvalue weighted by molar-refractivity contribution is 5.91. The number of para-hydroxylation sites is 2. The highest BCUT2D eigenvalue weighted by Crippen LogP contribution is 2.29. The molecule has 0 radical (unpaired) electrons. The van der Waals surface area contributed by atoms with E-state index in [1.165, 1.54) is 0 Å². The Hall–Kier alpha value is -2.94. The summed E-state index contributed by atoms with van der Waals surface area (Å²) >= 11 is 0. The summed E-state index contributed by atoms with van der Waals surface area (Å²) in [4.78, 5) is 18.7. The molecular formula is C19H22N4O2. The first kappa shape index (κ1) is 16.9. The Bertz CT molecular complexity index is 751. The number of carbonyl (C=O) groups is 1. The van der Waals surface area contributed by atoms with Crippen molar-refractivity contribution in [2.45, 2.75) is 19.4 Å². The Morgan fingerprint density at radius 1 is 1.48 bits per heavy atom. The number of amides is 2. The van der Waals surface area contributed by atoms with Gasteiger partial charge in [0.2, 0.25) is 0 Å². The number of nitrogens with zero attached hydrogens (tertiary/aromatic N) is 3. The largest absolute Gasteiger partial charge is 0.479 e. The molecule has 1 fully saturated rings. The van der Waals surface area contributed by atoms with E-state index in [4.69, 9.17) is 11.2 Å². The lowest BCUT2D eigenvalue weighted by atomic mass is 9.93. The summed E-state index contributed by atoms with van der Waals surface area (Å²) in [5.41, 5.74) is 0.626. The van der Waals surface area contributed by atoms with E-state index in [9.17, 15) is 4.79 Å². The minimum atomic E-state index is -0.131. The molecule has 1 aliphatic heterocycles. The van der Waals surface area contributed by atoms with Crippen LogP contribution in [0.3, 0.4) is 0 Å². The smallest absolute Gasteiger partial charge is 0.322 e. The van der Waals surface area contributed by atoms with Crippen LogP contribution in [0.1, 0.15) is 19.4 Å². The quantitative estimate of drug-likeness (QED) is 0.872. The Balaban J connectivity index is 1.68. The number of likely N-dealkylation sites (tertiary alicyclic amines) is 1. The Labute approximate surface area is 147 Å². The molecule has 6 nitrogen and oxygen atoms in total. The molecule has 0 bridgehead atoms. The van der Waals surface area contributed by atoms with Gasteiger partial charge in [-0.1, -0.05) is 25.0 Å². The van der Waals surface area contributed by atoms with Crippen molar-refractivity contribution in [2.75, 3.05) is 25.0 Å². The first-order valence-corrected chi connectivity index (χ1v) is 8.37. The second-order valence-electron chi connectivity index (χ2n) is 6.21. The molecule has 130 valence electrons. The third-order valence-corrected chi connectivity index (χ3v) is 4.55. The molecule has 0 unspecified atom stereocenters. The third kappa shape index (κ3) is 3.94. The number of benzene rings is 1. The van der Waals surface area contributed by atoms with Gasteiger partial charge in [-0.2, -0.15) is 0 Å². The summed E-state index contributed by atoms with van der Waals surface area (Å²) in [5.74, 6) is 3.50. The van der Waals surface area contributed by atoms with Crippen LogP contribution in [0.15, 0.2) is 43.0 Å². The van der Waals surface area contributed by atoms with E-state index in [2.05, 4.69) is 27.7 Å². The maximum atomic E-state index is 12.7. The van der Waals surface area contributed by atoms with E-state index in [-0.39, 0.29) is 18.7 Å². The number of ether oxygens (including phenoxy) is 1. The summed E-state index contributed by atoms with van der Waals surface area (Å²) in [6, 6.07) is 7.40. The van der Waals surface area contributed by atoms with Crippen LogP contribution < -0.4 is 10.1 Å². The van der Waals surface area contributed by atoms with Gasteiger partial charge in [0, 0.05) is 25.5 Å². The molecular weight excluding hydrogens is 316 g/mol. The lowest BCUT2D eigenvalue weighted by Crippen LogP contribution is -2.45. The number of carbonyl (C=O) groups excluding carboxylic acids is 1. The molecule has 3 rings (SSSR count). The van der Waals surface area contributed by atoms with Crippen LogP contribution in [-0.2, 0) is 0 Å². The van der Waals surface area contributed by atoms with Crippen molar-refractivity contribution in [2.24, 2.45) is 5.92 Å². The number of anilines is 1. The number of nitrogens with one attached hydrogen (secondary N) is 1. The van der Waals surface area contributed by atoms with Gasteiger partial charge < -0.3 is 19.5 Å². The zero-order valence-corrected chi connectivity index (χ0v) is 14.3. The minimum absolute atomic E-state index is 0.131. The molecule has 2 amide bonds. The van der Waals surface area contributed by atoms with Gasteiger partial charge in [-0.25, -0.2) is 9.78 Å². The Kier molecular flexibility index (Phi) is 5.24. The Morgan fingerprint density at radius 3 is 3.08 bits per heavy atom. The van der Waals surface area contributed by atoms with Crippen molar-refractivity contribution in [3.8, 4) is 18.1 Å². The SMILES string of the molecule is C#CCOc1ccccc1NC(=O)N1CC[C@@H](C)[C@@H](n2ccnc2)C1. The van der Waals surface area contributed by atoms with Gasteiger partial charge in [0.1, 0.15) is 12.4 Å². The lowest BCUT2D eigenvalue weighted by molar-refractivity contribution is 0.149. The molecule has 2 aromatic rings. The molecule has 1 aromatic carbocycles. The van der Waals surface area contributed by atoms with E-state index in [1.807, 2.05) is 35.6 Å². The molecule has 1 N–H and O–H groups in total. The molecule has 6 heteroatoms. The number of hydrogen-bond acceptors (Lipinski definition) is 3. The summed E-state index contributed by atoms with van der Waals surface area (Å²) in [6.45, 7) is 3.75. The van der Waals surface area contributed by atoms with Gasteiger partial charge in [0.15, 0.2) is 0 Å². The monoisotopic (exact) mass is 338 g/mol. The lowest BCUT2D eigenvalue weighted by Gasteiger charge is -2.37. The molecule has 0 spiro atoms. The second kappa shape index (κ2) is 7.75. The van der Waals surface area contributed by atoms with Crippen molar-refractivity contribution < 1.29 is 9.53 Å². The number of imidazole rings is 1. The predicted molar refractivity (Wildman–Crippen MR) is 96.4 cm³/mol. The van der Waals surface area contributed by atoms with E-state index in [1.54, 1.807) is 12.3 Å². The first-order valence-electron chi connectivity index (χ1n) is 8.37. The average Bonchev–Trinajstić information content (AvgIpc) is 3.15. The van der Waals surface area contributed by atoms with Gasteiger partial charge in [-0.3, -0.25) is 0 Å². The standard InChI is InChI=1S/C19H22N4O2/c1-3-12-25-18-7-5-4-6-16(18)21-19(24)22-10-8-15(2)17(13-22)23-11-9-20-14-23/h1,4-7,9,11,14-15,17H,8,10,12-13H2,2H3,(H,21,24)/t15-,17+/m1/s1. The van der Waals surface area contributed by atoms with Gasteiger partial charge in [-0.15, -0.1) is 6.42 Å². The molecule has 0 saturated carbocycles. The number of hydrogen-bond donors (Lipinski definition) is 1. The van der Waals surface area contributed by atoms with Crippen molar-refractivity contribution in [3.05, 3.63) is 43.0 Å². The van der Waals surface area contributed by atoms with Crippen LogP contribution in [0.5, 0.6) is 5.75 Å². The fraction of sp³-hybridized carbons (Fsp3) is 0.368. The average molecular weight is 338 g/mol. The van der Waals surface area contributed by atoms with Crippen LogP contribution in [0, 0.1) is 18.3 Å². The highest BCUT2D eigenvalue weighted by atomic mass is 16.5. The molecule has 0 aliphatic carbocycles. The number of urea groups is 1. The molecule has 1 saturated heterocycles. The van der Waals surface area contributed by atoms with Crippen molar-refractivity contribution >= 4 is 11.7 Å². The highest BCUT2D eigenvalue weighted by Gasteiger charge is 2.30. The topological polar surface area (TPSA) is 59.4 Å². The zero-order chi connectivity index (χ0) is 17.6. The normalized spacial score (nSPS) is 19.9. The molecule has 1 aromatic heterocycles. The van der Waals surface area contributed by atoms with Crippen LogP contribution in [-0.4, -0.2) is 40.2 Å². The van der Waals surface area contributed by atoms with Crippen molar-refractivity contribution in [1.82, 2.24) is 14.5 Å². The Morgan fingerprint density at radius 2 is 2.32 bits per heavy atom. The molecule has 1 aliphatic rings. The van der Waals surface area contributed by atoms with Crippen LogP contribution in [0.25, 0.3) is 0 Å². The third-order valence-electron chi connectivity index (χ3n) is 4.55. The second-order valence-corrected chi connectivity index (χ2v) is 6.21. The summed E-state index contributed by atoms with van der Waals surface area (Å²) in [5, 5.41) is 2.94. The fourth-order valence-corrected chi connectivity index (χ4v) is 3.10. The maximum absolute atomic E-state index is 12.7. The number of rotatable bonds is 4. The van der Waals surface area contributed by atoms with Crippen LogP contribution >= 0.6 is 0 Å². The van der Waals surface area contributed by atoms with Crippen LogP contribution in [0.4, 0.5) is 10.5 Å². The van der Waals surface area contributed by atoms with E-state index in [0.29, 0.717) is 23.9 Å². The zero-order valence-electron chi connectivity index (χ0n) is 14.3.